The molecule has 70 valence electrons. The number of carboxylic acids is 1. The number of hydrogen-bond donors (Lipinski definition) is 1. The van der Waals surface area contributed by atoms with Crippen LogP contribution in [-0.2, 0) is 9.63 Å². The first kappa shape index (κ1) is 10.9. The summed E-state index contributed by atoms with van der Waals surface area (Å²) in [4.78, 5) is 14.9. The Bertz CT molecular complexity index is 166. The normalized spacial score (nSPS) is 11.3. The fourth-order valence-electron chi connectivity index (χ4n) is 0.844. The van der Waals surface area contributed by atoms with Crippen LogP contribution in [0.3, 0.4) is 0 Å². The van der Waals surface area contributed by atoms with E-state index < -0.39 is 5.97 Å². The summed E-state index contributed by atoms with van der Waals surface area (Å²) in [5.41, 5.74) is 0.103. The topological polar surface area (TPSA) is 58.9 Å². The van der Waals surface area contributed by atoms with Crippen LogP contribution < -0.4 is 0 Å². The molecule has 0 bridgehead atoms. The van der Waals surface area contributed by atoms with E-state index in [0.29, 0.717) is 6.42 Å². The van der Waals surface area contributed by atoms with Gasteiger partial charge in [0.1, 0.15) is 7.11 Å². The Morgan fingerprint density at radius 1 is 1.50 bits per heavy atom. The van der Waals surface area contributed by atoms with Crippen LogP contribution in [0.2, 0.25) is 0 Å². The van der Waals surface area contributed by atoms with E-state index in [1.807, 2.05) is 0 Å². The summed E-state index contributed by atoms with van der Waals surface area (Å²) in [7, 11) is 1.35. The highest BCUT2D eigenvalue weighted by Gasteiger charge is 2.08. The van der Waals surface area contributed by atoms with Crippen molar-refractivity contribution in [2.75, 3.05) is 7.11 Å². The smallest absolute Gasteiger partial charge is 0.353 e. The fraction of sp³-hybridized carbons (Fsp3) is 0.750. The van der Waals surface area contributed by atoms with E-state index in [1.165, 1.54) is 7.11 Å². The van der Waals surface area contributed by atoms with Gasteiger partial charge in [-0.05, 0) is 6.42 Å². The lowest BCUT2D eigenvalue weighted by Gasteiger charge is -1.98. The predicted molar refractivity (Wildman–Crippen MR) is 46.2 cm³/mol. The molecule has 0 aromatic rings. The van der Waals surface area contributed by atoms with Crippen LogP contribution in [0.4, 0.5) is 0 Å². The molecule has 0 aliphatic rings. The van der Waals surface area contributed by atoms with E-state index in [-0.39, 0.29) is 5.71 Å². The molecular weight excluding hydrogens is 158 g/mol. The van der Waals surface area contributed by atoms with Crippen LogP contribution in [0.5, 0.6) is 0 Å². The lowest BCUT2D eigenvalue weighted by atomic mass is 10.1. The molecule has 0 aliphatic carbocycles. The number of hydrogen-bond acceptors (Lipinski definition) is 3. The van der Waals surface area contributed by atoms with Crippen molar-refractivity contribution in [1.29, 1.82) is 0 Å². The zero-order valence-electron chi connectivity index (χ0n) is 7.54. The lowest BCUT2D eigenvalue weighted by Crippen LogP contribution is -2.13. The lowest BCUT2D eigenvalue weighted by molar-refractivity contribution is -0.129. The predicted octanol–water partition coefficient (Wildman–Crippen LogP) is 1.65. The first-order chi connectivity index (χ1) is 5.72. The number of oxime groups is 1. The highest BCUT2D eigenvalue weighted by Crippen LogP contribution is 2.01. The first-order valence-electron chi connectivity index (χ1n) is 4.05. The Balaban J connectivity index is 3.81. The molecule has 0 saturated heterocycles. The average molecular weight is 173 g/mol. The van der Waals surface area contributed by atoms with Crippen molar-refractivity contribution in [1.82, 2.24) is 0 Å². The average Bonchev–Trinajstić information content (AvgIpc) is 2.03. The van der Waals surface area contributed by atoms with Gasteiger partial charge in [0.05, 0.1) is 0 Å². The molecule has 0 spiro atoms. The van der Waals surface area contributed by atoms with Crippen LogP contribution in [0, 0.1) is 0 Å². The van der Waals surface area contributed by atoms with E-state index in [1.54, 1.807) is 0 Å². The fourth-order valence-corrected chi connectivity index (χ4v) is 0.844. The molecule has 0 atom stereocenters. The molecule has 0 aromatic heterocycles. The second-order valence-corrected chi connectivity index (χ2v) is 2.48. The molecule has 0 fully saturated rings. The highest BCUT2D eigenvalue weighted by atomic mass is 16.6. The molecule has 0 rings (SSSR count). The van der Waals surface area contributed by atoms with Crippen LogP contribution in [0.15, 0.2) is 5.16 Å². The minimum Gasteiger partial charge on any atom is -0.477 e. The highest BCUT2D eigenvalue weighted by molar-refractivity contribution is 6.35. The van der Waals surface area contributed by atoms with Gasteiger partial charge in [0.15, 0.2) is 5.71 Å². The third-order valence-corrected chi connectivity index (χ3v) is 1.47. The van der Waals surface area contributed by atoms with E-state index in [2.05, 4.69) is 16.9 Å². The number of carbonyl (C=O) groups is 1. The summed E-state index contributed by atoms with van der Waals surface area (Å²) >= 11 is 0. The van der Waals surface area contributed by atoms with Gasteiger partial charge >= 0.3 is 5.97 Å². The van der Waals surface area contributed by atoms with Gasteiger partial charge in [-0.2, -0.15) is 0 Å². The van der Waals surface area contributed by atoms with Crippen LogP contribution in [-0.4, -0.2) is 23.9 Å². The van der Waals surface area contributed by atoms with Crippen LogP contribution in [0.1, 0.15) is 32.6 Å². The van der Waals surface area contributed by atoms with Crippen LogP contribution >= 0.6 is 0 Å². The quantitative estimate of drug-likeness (QED) is 0.377. The minimum atomic E-state index is -0.993. The van der Waals surface area contributed by atoms with E-state index in [9.17, 15) is 4.79 Å². The maximum absolute atomic E-state index is 10.5. The van der Waals surface area contributed by atoms with Crippen LogP contribution in [0.25, 0.3) is 0 Å². The van der Waals surface area contributed by atoms with Crippen molar-refractivity contribution in [3.63, 3.8) is 0 Å². The summed E-state index contributed by atoms with van der Waals surface area (Å²) in [5.74, 6) is -0.993. The Morgan fingerprint density at radius 2 is 2.17 bits per heavy atom. The molecule has 0 heterocycles. The number of nitrogens with zero attached hydrogens (tertiary/aromatic N) is 1. The molecule has 0 radical (unpaired) electrons. The second kappa shape index (κ2) is 6.64. The molecular formula is C8H15NO3. The SMILES string of the molecule is CCCCCC(=NOC)C(=O)O. The van der Waals surface area contributed by atoms with Gasteiger partial charge in [0, 0.05) is 6.42 Å². The number of rotatable bonds is 6. The Hall–Kier alpha value is -1.06. The van der Waals surface area contributed by atoms with Crippen molar-refractivity contribution in [2.24, 2.45) is 5.16 Å². The summed E-state index contributed by atoms with van der Waals surface area (Å²) < 4.78 is 0. The van der Waals surface area contributed by atoms with Gasteiger partial charge in [0.2, 0.25) is 0 Å². The summed E-state index contributed by atoms with van der Waals surface area (Å²) in [6.07, 6.45) is 3.43. The van der Waals surface area contributed by atoms with Gasteiger partial charge in [-0.1, -0.05) is 24.9 Å². The van der Waals surface area contributed by atoms with Gasteiger partial charge in [-0.15, -0.1) is 0 Å². The number of unbranched alkanes of at least 4 members (excludes halogenated alkanes) is 2. The van der Waals surface area contributed by atoms with Gasteiger partial charge in [-0.25, -0.2) is 4.79 Å². The molecule has 4 nitrogen and oxygen atoms in total. The molecule has 12 heavy (non-hydrogen) atoms. The summed E-state index contributed by atoms with van der Waals surface area (Å²) in [6, 6.07) is 0. The molecule has 0 aromatic carbocycles. The zero-order chi connectivity index (χ0) is 9.40. The molecule has 1 N–H and O–H groups in total. The molecule has 0 saturated carbocycles. The van der Waals surface area contributed by atoms with Gasteiger partial charge in [0.25, 0.3) is 0 Å². The van der Waals surface area contributed by atoms with Gasteiger partial charge < -0.3 is 9.94 Å². The number of carboxylic acid groups (broad SMARTS) is 1. The molecule has 0 unspecified atom stereocenters. The zero-order valence-corrected chi connectivity index (χ0v) is 7.54. The first-order valence-corrected chi connectivity index (χ1v) is 4.05. The Kier molecular flexibility index (Phi) is 6.05. The molecule has 4 heteroatoms. The maximum atomic E-state index is 10.5. The van der Waals surface area contributed by atoms with E-state index in [0.717, 1.165) is 19.3 Å². The molecule has 0 aliphatic heterocycles. The van der Waals surface area contributed by atoms with Gasteiger partial charge in [-0.3, -0.25) is 0 Å². The van der Waals surface area contributed by atoms with Crippen molar-refractivity contribution in [2.45, 2.75) is 32.6 Å². The Labute approximate surface area is 72.2 Å². The third-order valence-electron chi connectivity index (χ3n) is 1.47. The van der Waals surface area contributed by atoms with Crippen molar-refractivity contribution < 1.29 is 14.7 Å². The van der Waals surface area contributed by atoms with Crippen molar-refractivity contribution >= 4 is 11.7 Å². The van der Waals surface area contributed by atoms with Crippen molar-refractivity contribution in [3.8, 4) is 0 Å². The molecule has 0 amide bonds. The number of aliphatic carboxylic acids is 1. The van der Waals surface area contributed by atoms with E-state index >= 15 is 0 Å². The second-order valence-electron chi connectivity index (χ2n) is 2.48. The van der Waals surface area contributed by atoms with E-state index in [4.69, 9.17) is 5.11 Å². The Morgan fingerprint density at radius 3 is 2.58 bits per heavy atom. The standard InChI is InChI=1S/C8H15NO3/c1-3-4-5-6-7(8(10)11)9-12-2/h3-6H2,1-2H3,(H,10,11). The monoisotopic (exact) mass is 173 g/mol. The maximum Gasteiger partial charge on any atom is 0.353 e. The largest absolute Gasteiger partial charge is 0.477 e. The van der Waals surface area contributed by atoms with Crippen molar-refractivity contribution in [3.05, 3.63) is 0 Å². The minimum absolute atomic E-state index is 0.103. The summed E-state index contributed by atoms with van der Waals surface area (Å²) in [6.45, 7) is 2.06. The summed E-state index contributed by atoms with van der Waals surface area (Å²) in [5, 5.41) is 12.0. The third kappa shape index (κ3) is 4.71.